The highest BCUT2D eigenvalue weighted by Crippen LogP contribution is 2.14. The standard InChI is InChI=1S/C9H15N3/c1-2-4-8-7-12-6-3-5-10-9(12)11-8/h7H,2-6H2,1H3,(H,10,11). The Morgan fingerprint density at radius 1 is 1.67 bits per heavy atom. The number of fused-ring (bicyclic) bond motifs is 1. The summed E-state index contributed by atoms with van der Waals surface area (Å²) in [5.41, 5.74) is 1.22. The SMILES string of the molecule is CCCc1cn2c(n1)NCCC2. The van der Waals surface area contributed by atoms with E-state index in [1.54, 1.807) is 0 Å². The third-order valence-electron chi connectivity index (χ3n) is 2.19. The molecular formula is C9H15N3. The molecule has 0 amide bonds. The Morgan fingerprint density at radius 3 is 3.33 bits per heavy atom. The fourth-order valence-electron chi connectivity index (χ4n) is 1.61. The van der Waals surface area contributed by atoms with E-state index < -0.39 is 0 Å². The average Bonchev–Trinajstić information content (AvgIpc) is 2.47. The van der Waals surface area contributed by atoms with Crippen molar-refractivity contribution < 1.29 is 0 Å². The molecule has 3 nitrogen and oxygen atoms in total. The van der Waals surface area contributed by atoms with Crippen molar-refractivity contribution in [3.8, 4) is 0 Å². The summed E-state index contributed by atoms with van der Waals surface area (Å²) in [6.07, 6.45) is 5.66. The third kappa shape index (κ3) is 1.31. The van der Waals surface area contributed by atoms with E-state index in [-0.39, 0.29) is 0 Å². The maximum atomic E-state index is 4.49. The van der Waals surface area contributed by atoms with Gasteiger partial charge in [0.2, 0.25) is 5.95 Å². The molecule has 0 radical (unpaired) electrons. The zero-order chi connectivity index (χ0) is 8.39. The van der Waals surface area contributed by atoms with E-state index in [2.05, 4.69) is 28.0 Å². The number of nitrogens with one attached hydrogen (secondary N) is 1. The van der Waals surface area contributed by atoms with E-state index >= 15 is 0 Å². The summed E-state index contributed by atoms with van der Waals surface area (Å²) in [5, 5.41) is 3.29. The van der Waals surface area contributed by atoms with Crippen LogP contribution in [0, 0.1) is 0 Å². The van der Waals surface area contributed by atoms with Crippen molar-refractivity contribution in [1.29, 1.82) is 0 Å². The molecule has 0 saturated carbocycles. The molecule has 0 saturated heterocycles. The minimum atomic E-state index is 1.06. The summed E-state index contributed by atoms with van der Waals surface area (Å²) in [6, 6.07) is 0. The summed E-state index contributed by atoms with van der Waals surface area (Å²) in [5.74, 6) is 1.06. The minimum absolute atomic E-state index is 1.06. The zero-order valence-corrected chi connectivity index (χ0v) is 7.51. The lowest BCUT2D eigenvalue weighted by atomic mass is 10.3. The van der Waals surface area contributed by atoms with Crippen LogP contribution in [0.15, 0.2) is 6.20 Å². The highest BCUT2D eigenvalue weighted by Gasteiger charge is 2.10. The van der Waals surface area contributed by atoms with Crippen LogP contribution in [0.25, 0.3) is 0 Å². The third-order valence-corrected chi connectivity index (χ3v) is 2.19. The van der Waals surface area contributed by atoms with Gasteiger partial charge in [-0.15, -0.1) is 0 Å². The van der Waals surface area contributed by atoms with Crippen molar-refractivity contribution in [2.75, 3.05) is 11.9 Å². The summed E-state index contributed by atoms with van der Waals surface area (Å²) >= 11 is 0. The van der Waals surface area contributed by atoms with Crippen LogP contribution >= 0.6 is 0 Å². The number of anilines is 1. The van der Waals surface area contributed by atoms with Gasteiger partial charge in [-0.2, -0.15) is 0 Å². The van der Waals surface area contributed by atoms with Crippen LogP contribution in [0.5, 0.6) is 0 Å². The molecule has 0 spiro atoms. The number of aromatic nitrogens is 2. The van der Waals surface area contributed by atoms with Crippen LogP contribution in [-0.4, -0.2) is 16.1 Å². The predicted molar refractivity (Wildman–Crippen MR) is 49.3 cm³/mol. The van der Waals surface area contributed by atoms with E-state index in [1.807, 2.05) is 0 Å². The van der Waals surface area contributed by atoms with Gasteiger partial charge in [0.05, 0.1) is 5.69 Å². The molecule has 1 aliphatic rings. The molecule has 0 aliphatic carbocycles. The van der Waals surface area contributed by atoms with Crippen molar-refractivity contribution in [3.05, 3.63) is 11.9 Å². The second-order valence-electron chi connectivity index (χ2n) is 3.28. The summed E-state index contributed by atoms with van der Waals surface area (Å²) in [7, 11) is 0. The average molecular weight is 165 g/mol. The first kappa shape index (κ1) is 7.65. The van der Waals surface area contributed by atoms with Gasteiger partial charge in [0.15, 0.2) is 0 Å². The van der Waals surface area contributed by atoms with Gasteiger partial charge < -0.3 is 9.88 Å². The smallest absolute Gasteiger partial charge is 0.203 e. The van der Waals surface area contributed by atoms with Crippen LogP contribution in [0.4, 0.5) is 5.95 Å². The van der Waals surface area contributed by atoms with Crippen LogP contribution in [0.1, 0.15) is 25.5 Å². The van der Waals surface area contributed by atoms with Crippen molar-refractivity contribution >= 4 is 5.95 Å². The van der Waals surface area contributed by atoms with E-state index in [9.17, 15) is 0 Å². The molecule has 3 heteroatoms. The molecule has 0 unspecified atom stereocenters. The normalized spacial score (nSPS) is 15.4. The van der Waals surface area contributed by atoms with Crippen LogP contribution in [0.3, 0.4) is 0 Å². The first-order chi connectivity index (χ1) is 5.90. The van der Waals surface area contributed by atoms with Gasteiger partial charge in [-0.05, 0) is 12.8 Å². The number of hydrogen-bond donors (Lipinski definition) is 1. The number of nitrogens with zero attached hydrogens (tertiary/aromatic N) is 2. The lowest BCUT2D eigenvalue weighted by Gasteiger charge is -2.14. The van der Waals surface area contributed by atoms with Crippen LogP contribution in [0.2, 0.25) is 0 Å². The molecule has 66 valence electrons. The highest BCUT2D eigenvalue weighted by molar-refractivity contribution is 5.30. The molecule has 1 aromatic heterocycles. The van der Waals surface area contributed by atoms with Gasteiger partial charge in [-0.1, -0.05) is 13.3 Å². The Balaban J connectivity index is 2.20. The first-order valence-corrected chi connectivity index (χ1v) is 4.70. The molecule has 2 heterocycles. The lowest BCUT2D eigenvalue weighted by molar-refractivity contribution is 0.627. The van der Waals surface area contributed by atoms with Gasteiger partial charge in [-0.25, -0.2) is 4.98 Å². The summed E-state index contributed by atoms with van der Waals surface area (Å²) in [6.45, 7) is 4.38. The Kier molecular flexibility index (Phi) is 2.02. The minimum Gasteiger partial charge on any atom is -0.356 e. The largest absolute Gasteiger partial charge is 0.356 e. The summed E-state index contributed by atoms with van der Waals surface area (Å²) < 4.78 is 2.22. The van der Waals surface area contributed by atoms with Crippen molar-refractivity contribution in [1.82, 2.24) is 9.55 Å². The van der Waals surface area contributed by atoms with Gasteiger partial charge in [-0.3, -0.25) is 0 Å². The van der Waals surface area contributed by atoms with Gasteiger partial charge in [0, 0.05) is 19.3 Å². The molecule has 0 aromatic carbocycles. The number of rotatable bonds is 2. The van der Waals surface area contributed by atoms with Crippen LogP contribution in [-0.2, 0) is 13.0 Å². The van der Waals surface area contributed by atoms with E-state index in [0.29, 0.717) is 0 Å². The molecule has 1 N–H and O–H groups in total. The van der Waals surface area contributed by atoms with E-state index in [4.69, 9.17) is 0 Å². The Morgan fingerprint density at radius 2 is 2.58 bits per heavy atom. The molecular weight excluding hydrogens is 150 g/mol. The summed E-state index contributed by atoms with van der Waals surface area (Å²) in [4.78, 5) is 4.49. The molecule has 1 aromatic rings. The molecule has 12 heavy (non-hydrogen) atoms. The number of imidazole rings is 1. The van der Waals surface area contributed by atoms with Gasteiger partial charge >= 0.3 is 0 Å². The van der Waals surface area contributed by atoms with Crippen molar-refractivity contribution in [3.63, 3.8) is 0 Å². The molecule has 1 aliphatic heterocycles. The molecule has 0 fully saturated rings. The second-order valence-corrected chi connectivity index (χ2v) is 3.28. The van der Waals surface area contributed by atoms with E-state index in [1.165, 1.54) is 18.5 Å². The maximum absolute atomic E-state index is 4.49. The first-order valence-electron chi connectivity index (χ1n) is 4.70. The maximum Gasteiger partial charge on any atom is 0.203 e. The highest BCUT2D eigenvalue weighted by atomic mass is 15.2. The Bertz CT molecular complexity index is 241. The van der Waals surface area contributed by atoms with Crippen LogP contribution < -0.4 is 5.32 Å². The fraction of sp³-hybridized carbons (Fsp3) is 0.667. The number of hydrogen-bond acceptors (Lipinski definition) is 2. The molecule has 0 atom stereocenters. The molecule has 0 bridgehead atoms. The Labute approximate surface area is 72.8 Å². The van der Waals surface area contributed by atoms with Crippen molar-refractivity contribution in [2.24, 2.45) is 0 Å². The number of aryl methyl sites for hydroxylation is 2. The Hall–Kier alpha value is -0.990. The van der Waals surface area contributed by atoms with E-state index in [0.717, 1.165) is 25.5 Å². The van der Waals surface area contributed by atoms with Gasteiger partial charge in [0.1, 0.15) is 0 Å². The zero-order valence-electron chi connectivity index (χ0n) is 7.51. The quantitative estimate of drug-likeness (QED) is 0.722. The van der Waals surface area contributed by atoms with Gasteiger partial charge in [0.25, 0.3) is 0 Å². The molecule has 2 rings (SSSR count). The monoisotopic (exact) mass is 165 g/mol. The topological polar surface area (TPSA) is 29.9 Å². The second kappa shape index (κ2) is 3.17. The van der Waals surface area contributed by atoms with Crippen molar-refractivity contribution in [2.45, 2.75) is 32.7 Å². The predicted octanol–water partition coefficient (Wildman–Crippen LogP) is 1.65. The fourth-order valence-corrected chi connectivity index (χ4v) is 1.61. The lowest BCUT2D eigenvalue weighted by Crippen LogP contribution is -2.16.